The summed E-state index contributed by atoms with van der Waals surface area (Å²) in [5.74, 6) is -0.0184. The summed E-state index contributed by atoms with van der Waals surface area (Å²) in [4.78, 5) is 4.75. The van der Waals surface area contributed by atoms with E-state index < -0.39 is 0 Å². The molecule has 1 atom stereocenters. The Hall–Kier alpha value is -2.04. The number of rotatable bonds is 5. The first-order chi connectivity index (χ1) is 10.2. The number of hydrogen-bond donors (Lipinski definition) is 0. The lowest BCUT2D eigenvalue weighted by Gasteiger charge is -2.36. The van der Waals surface area contributed by atoms with E-state index in [-0.39, 0.29) is 5.92 Å². The van der Waals surface area contributed by atoms with Crippen molar-refractivity contribution in [3.8, 4) is 12.1 Å². The minimum Gasteiger partial charge on any atom is -0.369 e. The van der Waals surface area contributed by atoms with Crippen molar-refractivity contribution in [2.75, 3.05) is 37.6 Å². The van der Waals surface area contributed by atoms with Gasteiger partial charge in [0.1, 0.15) is 0 Å². The molecule has 110 valence electrons. The molecule has 0 bridgehead atoms. The smallest absolute Gasteiger partial charge is 0.0669 e. The first-order valence-electron chi connectivity index (χ1n) is 7.53. The standard InChI is InChI=1S/C17H22N4/c1-15-4-2-6-17(12-15)21-10-8-20(9-11-21)14-16(13-19)5-3-7-18/h2,4,6,12,16H,3,5,8-11,14H2,1H3/t16-/m1/s1. The predicted molar refractivity (Wildman–Crippen MR) is 83.8 cm³/mol. The molecule has 1 fully saturated rings. The highest BCUT2D eigenvalue weighted by atomic mass is 15.3. The maximum absolute atomic E-state index is 9.15. The molecule has 0 spiro atoms. The molecule has 1 aromatic rings. The average Bonchev–Trinajstić information content (AvgIpc) is 2.52. The first kappa shape index (κ1) is 15.4. The van der Waals surface area contributed by atoms with Crippen LogP contribution in [0.1, 0.15) is 18.4 Å². The third kappa shape index (κ3) is 4.48. The highest BCUT2D eigenvalue weighted by Gasteiger charge is 2.20. The van der Waals surface area contributed by atoms with Crippen LogP contribution in [0.2, 0.25) is 0 Å². The zero-order valence-electron chi connectivity index (χ0n) is 12.6. The number of hydrogen-bond acceptors (Lipinski definition) is 4. The van der Waals surface area contributed by atoms with E-state index in [2.05, 4.69) is 53.1 Å². The van der Waals surface area contributed by atoms with Crippen molar-refractivity contribution < 1.29 is 0 Å². The van der Waals surface area contributed by atoms with E-state index in [4.69, 9.17) is 10.5 Å². The predicted octanol–water partition coefficient (Wildman–Crippen LogP) is 2.56. The Morgan fingerprint density at radius 3 is 2.57 bits per heavy atom. The summed E-state index contributed by atoms with van der Waals surface area (Å²) in [6.07, 6.45) is 1.16. The summed E-state index contributed by atoms with van der Waals surface area (Å²) in [6.45, 7) is 6.88. The van der Waals surface area contributed by atoms with Crippen LogP contribution < -0.4 is 4.90 Å². The zero-order chi connectivity index (χ0) is 15.1. The average molecular weight is 282 g/mol. The molecule has 0 amide bonds. The Balaban J connectivity index is 1.83. The molecule has 1 aliphatic rings. The number of aryl methyl sites for hydroxylation is 1. The Morgan fingerprint density at radius 1 is 1.19 bits per heavy atom. The Bertz CT molecular complexity index is 532. The van der Waals surface area contributed by atoms with Crippen LogP contribution >= 0.6 is 0 Å². The fraction of sp³-hybridized carbons (Fsp3) is 0.529. The van der Waals surface area contributed by atoms with Crippen molar-refractivity contribution >= 4 is 5.69 Å². The van der Waals surface area contributed by atoms with E-state index in [1.54, 1.807) is 0 Å². The molecule has 0 radical (unpaired) electrons. The molecule has 0 aliphatic carbocycles. The van der Waals surface area contributed by atoms with Crippen molar-refractivity contribution in [2.24, 2.45) is 5.92 Å². The molecule has 4 nitrogen and oxygen atoms in total. The van der Waals surface area contributed by atoms with Crippen molar-refractivity contribution in [3.05, 3.63) is 29.8 Å². The highest BCUT2D eigenvalue weighted by Crippen LogP contribution is 2.18. The Labute approximate surface area is 127 Å². The molecule has 1 saturated heterocycles. The van der Waals surface area contributed by atoms with Gasteiger partial charge in [0.05, 0.1) is 18.1 Å². The van der Waals surface area contributed by atoms with E-state index >= 15 is 0 Å². The fourth-order valence-corrected chi connectivity index (χ4v) is 2.76. The Morgan fingerprint density at radius 2 is 1.95 bits per heavy atom. The van der Waals surface area contributed by atoms with Crippen LogP contribution in [-0.4, -0.2) is 37.6 Å². The molecule has 21 heavy (non-hydrogen) atoms. The van der Waals surface area contributed by atoms with Crippen LogP contribution in [0.4, 0.5) is 5.69 Å². The van der Waals surface area contributed by atoms with Crippen LogP contribution in [-0.2, 0) is 0 Å². The third-order valence-corrected chi connectivity index (χ3v) is 4.00. The number of piperazine rings is 1. The minimum absolute atomic E-state index is 0.0184. The van der Waals surface area contributed by atoms with E-state index in [1.807, 2.05) is 0 Å². The van der Waals surface area contributed by atoms with Gasteiger partial charge in [-0.25, -0.2) is 0 Å². The molecule has 0 aromatic heterocycles. The number of anilines is 1. The Kier molecular flexibility index (Phi) is 5.60. The van der Waals surface area contributed by atoms with Gasteiger partial charge < -0.3 is 4.90 Å². The van der Waals surface area contributed by atoms with Gasteiger partial charge in [-0.05, 0) is 31.0 Å². The van der Waals surface area contributed by atoms with E-state index in [9.17, 15) is 0 Å². The van der Waals surface area contributed by atoms with Gasteiger partial charge in [0.2, 0.25) is 0 Å². The number of nitriles is 2. The van der Waals surface area contributed by atoms with Crippen LogP contribution in [0.15, 0.2) is 24.3 Å². The van der Waals surface area contributed by atoms with Crippen LogP contribution in [0, 0.1) is 35.5 Å². The molecule has 1 aliphatic heterocycles. The number of nitrogens with zero attached hydrogens (tertiary/aromatic N) is 4. The lowest BCUT2D eigenvalue weighted by Crippen LogP contribution is -2.47. The van der Waals surface area contributed by atoms with Crippen molar-refractivity contribution in [1.29, 1.82) is 10.5 Å². The van der Waals surface area contributed by atoms with Gasteiger partial charge in [-0.3, -0.25) is 4.90 Å². The van der Waals surface area contributed by atoms with Crippen molar-refractivity contribution in [2.45, 2.75) is 19.8 Å². The monoisotopic (exact) mass is 282 g/mol. The van der Waals surface area contributed by atoms with Crippen molar-refractivity contribution in [3.63, 3.8) is 0 Å². The van der Waals surface area contributed by atoms with E-state index in [0.717, 1.165) is 32.7 Å². The van der Waals surface area contributed by atoms with Crippen LogP contribution in [0.5, 0.6) is 0 Å². The molecule has 0 unspecified atom stereocenters. The van der Waals surface area contributed by atoms with Gasteiger partial charge in [-0.15, -0.1) is 0 Å². The summed E-state index contributed by atoms with van der Waals surface area (Å²) >= 11 is 0. The zero-order valence-corrected chi connectivity index (χ0v) is 12.6. The molecule has 0 N–H and O–H groups in total. The van der Waals surface area contributed by atoms with Crippen LogP contribution in [0.25, 0.3) is 0 Å². The topological polar surface area (TPSA) is 54.1 Å². The maximum Gasteiger partial charge on any atom is 0.0669 e. The molecule has 1 heterocycles. The molecule has 0 saturated carbocycles. The van der Waals surface area contributed by atoms with E-state index in [1.165, 1.54) is 11.3 Å². The largest absolute Gasteiger partial charge is 0.369 e. The summed E-state index contributed by atoms with van der Waals surface area (Å²) in [7, 11) is 0. The third-order valence-electron chi connectivity index (χ3n) is 4.00. The summed E-state index contributed by atoms with van der Waals surface area (Å²) in [5.41, 5.74) is 2.58. The second kappa shape index (κ2) is 7.67. The normalized spacial score (nSPS) is 17.0. The highest BCUT2D eigenvalue weighted by molar-refractivity contribution is 5.48. The molecule has 2 rings (SSSR count). The molecular weight excluding hydrogens is 260 g/mol. The second-order valence-corrected chi connectivity index (χ2v) is 5.65. The lowest BCUT2D eigenvalue weighted by atomic mass is 10.0. The quantitative estimate of drug-likeness (QED) is 0.833. The summed E-state index contributed by atoms with van der Waals surface area (Å²) in [6, 6.07) is 13.1. The maximum atomic E-state index is 9.15. The number of benzene rings is 1. The minimum atomic E-state index is -0.0184. The lowest BCUT2D eigenvalue weighted by molar-refractivity contribution is 0.233. The molecular formula is C17H22N4. The van der Waals surface area contributed by atoms with Gasteiger partial charge in [0, 0.05) is 44.8 Å². The second-order valence-electron chi connectivity index (χ2n) is 5.65. The van der Waals surface area contributed by atoms with Crippen LogP contribution in [0.3, 0.4) is 0 Å². The van der Waals surface area contributed by atoms with E-state index in [0.29, 0.717) is 12.8 Å². The first-order valence-corrected chi connectivity index (χ1v) is 7.53. The van der Waals surface area contributed by atoms with Crippen molar-refractivity contribution in [1.82, 2.24) is 4.90 Å². The van der Waals surface area contributed by atoms with Gasteiger partial charge in [-0.1, -0.05) is 12.1 Å². The fourth-order valence-electron chi connectivity index (χ4n) is 2.76. The van der Waals surface area contributed by atoms with Gasteiger partial charge in [0.15, 0.2) is 0 Å². The molecule has 1 aromatic carbocycles. The summed E-state index contributed by atoms with van der Waals surface area (Å²) < 4.78 is 0. The summed E-state index contributed by atoms with van der Waals surface area (Å²) in [5, 5.41) is 17.8. The van der Waals surface area contributed by atoms with Gasteiger partial charge in [0.25, 0.3) is 0 Å². The van der Waals surface area contributed by atoms with Gasteiger partial charge in [-0.2, -0.15) is 10.5 Å². The molecule has 4 heteroatoms. The SMILES string of the molecule is Cc1cccc(N2CCN(C[C@@H](C#N)CCC#N)CC2)c1. The van der Waals surface area contributed by atoms with Gasteiger partial charge >= 0.3 is 0 Å².